The number of benzene rings is 1. The fourth-order valence-corrected chi connectivity index (χ4v) is 3.24. The van der Waals surface area contributed by atoms with Gasteiger partial charge in [0.2, 0.25) is 5.78 Å². The van der Waals surface area contributed by atoms with Gasteiger partial charge < -0.3 is 9.72 Å². The summed E-state index contributed by atoms with van der Waals surface area (Å²) >= 11 is 7.61. The van der Waals surface area contributed by atoms with Crippen LogP contribution in [0.15, 0.2) is 46.6 Å². The van der Waals surface area contributed by atoms with E-state index in [-0.39, 0.29) is 12.2 Å². The minimum Gasteiger partial charge on any atom is -0.487 e. The summed E-state index contributed by atoms with van der Waals surface area (Å²) in [4.78, 5) is 20.7. The molecule has 0 fully saturated rings. The third-order valence-corrected chi connectivity index (χ3v) is 5.00. The van der Waals surface area contributed by atoms with E-state index < -0.39 is 0 Å². The first-order valence-corrected chi connectivity index (χ1v) is 8.78. The number of hydrogen-bond donors (Lipinski definition) is 1. The molecule has 0 unspecified atom stereocenters. The molecule has 4 aromatic rings. The molecule has 3 heterocycles. The fraction of sp³-hybridized carbons (Fsp3) is 0.118. The van der Waals surface area contributed by atoms with Crippen molar-refractivity contribution in [2.45, 2.75) is 13.5 Å². The third kappa shape index (κ3) is 3.04. The molecular formula is C17H13ClN4O2S. The van der Waals surface area contributed by atoms with Crippen molar-refractivity contribution in [2.75, 3.05) is 0 Å². The first-order chi connectivity index (χ1) is 12.1. The Labute approximate surface area is 151 Å². The van der Waals surface area contributed by atoms with Crippen LogP contribution in [0.4, 0.5) is 0 Å². The molecule has 1 aromatic carbocycles. The zero-order chi connectivity index (χ0) is 17.4. The number of hydrogen-bond acceptors (Lipinski definition) is 5. The number of aromatic nitrogens is 4. The second kappa shape index (κ2) is 6.34. The highest BCUT2D eigenvalue weighted by Gasteiger charge is 2.11. The van der Waals surface area contributed by atoms with Gasteiger partial charge in [0, 0.05) is 16.7 Å². The summed E-state index contributed by atoms with van der Waals surface area (Å²) in [5.74, 6) is 1.58. The zero-order valence-corrected chi connectivity index (χ0v) is 14.8. The Hall–Kier alpha value is -2.64. The minimum absolute atomic E-state index is 0.202. The van der Waals surface area contributed by atoms with Crippen molar-refractivity contribution in [3.05, 3.63) is 68.4 Å². The van der Waals surface area contributed by atoms with E-state index in [0.29, 0.717) is 28.1 Å². The lowest BCUT2D eigenvalue weighted by Crippen LogP contribution is -2.16. The van der Waals surface area contributed by atoms with Crippen LogP contribution in [0.1, 0.15) is 11.3 Å². The van der Waals surface area contributed by atoms with Gasteiger partial charge in [-0.05, 0) is 30.5 Å². The number of nitrogens with zero attached hydrogens (tertiary/aromatic N) is 3. The number of fused-ring (bicyclic) bond motifs is 1. The summed E-state index contributed by atoms with van der Waals surface area (Å²) in [6.07, 6.45) is 0. The molecule has 0 amide bonds. The second-order valence-electron chi connectivity index (χ2n) is 5.43. The summed E-state index contributed by atoms with van der Waals surface area (Å²) < 4.78 is 7.03. The summed E-state index contributed by atoms with van der Waals surface area (Å²) in [5.41, 5.74) is 1.21. The summed E-state index contributed by atoms with van der Waals surface area (Å²) in [6.45, 7) is 2.09. The van der Waals surface area contributed by atoms with Gasteiger partial charge in [0.25, 0.3) is 5.56 Å². The molecular weight excluding hydrogens is 360 g/mol. The molecule has 0 radical (unpaired) electrons. The van der Waals surface area contributed by atoms with Crippen LogP contribution in [0.25, 0.3) is 16.5 Å². The van der Waals surface area contributed by atoms with Gasteiger partial charge in [-0.3, -0.25) is 4.79 Å². The minimum atomic E-state index is -0.259. The molecule has 3 aromatic heterocycles. The van der Waals surface area contributed by atoms with E-state index >= 15 is 0 Å². The molecule has 8 heteroatoms. The maximum Gasteiger partial charge on any atom is 0.276 e. The van der Waals surface area contributed by atoms with Gasteiger partial charge in [0.15, 0.2) is 5.82 Å². The lowest BCUT2D eigenvalue weighted by atomic mass is 10.2. The van der Waals surface area contributed by atoms with Gasteiger partial charge in [-0.2, -0.15) is 9.50 Å². The predicted molar refractivity (Wildman–Crippen MR) is 97.4 cm³/mol. The van der Waals surface area contributed by atoms with Gasteiger partial charge in [0.05, 0.1) is 10.6 Å². The molecule has 0 spiro atoms. The van der Waals surface area contributed by atoms with Crippen LogP contribution in [0.3, 0.4) is 0 Å². The largest absolute Gasteiger partial charge is 0.487 e. The van der Waals surface area contributed by atoms with Crippen molar-refractivity contribution >= 4 is 28.7 Å². The van der Waals surface area contributed by atoms with E-state index in [1.807, 2.05) is 36.6 Å². The quantitative estimate of drug-likeness (QED) is 0.593. The number of ether oxygens (including phenoxy) is 1. The highest BCUT2D eigenvalue weighted by Crippen LogP contribution is 2.25. The molecule has 25 heavy (non-hydrogen) atoms. The normalized spacial score (nSPS) is 11.1. The predicted octanol–water partition coefficient (Wildman–Crippen LogP) is 3.69. The van der Waals surface area contributed by atoms with Crippen molar-refractivity contribution in [2.24, 2.45) is 0 Å². The average molecular weight is 373 g/mol. The van der Waals surface area contributed by atoms with Crippen molar-refractivity contribution in [1.29, 1.82) is 0 Å². The monoisotopic (exact) mass is 372 g/mol. The van der Waals surface area contributed by atoms with Crippen molar-refractivity contribution < 1.29 is 4.74 Å². The molecule has 0 bridgehead atoms. The van der Waals surface area contributed by atoms with Crippen LogP contribution < -0.4 is 10.3 Å². The van der Waals surface area contributed by atoms with E-state index in [1.165, 1.54) is 21.9 Å². The Kier molecular flexibility index (Phi) is 4.03. The van der Waals surface area contributed by atoms with Crippen LogP contribution in [0.2, 0.25) is 5.02 Å². The first-order valence-electron chi connectivity index (χ1n) is 7.52. The smallest absolute Gasteiger partial charge is 0.276 e. The maximum atomic E-state index is 12.3. The van der Waals surface area contributed by atoms with Gasteiger partial charge in [0.1, 0.15) is 12.4 Å². The maximum absolute atomic E-state index is 12.3. The number of H-pyrrole nitrogens is 1. The van der Waals surface area contributed by atoms with Gasteiger partial charge in [-0.25, -0.2) is 0 Å². The number of rotatable bonds is 4. The Morgan fingerprint density at radius 1 is 1.32 bits per heavy atom. The Morgan fingerprint density at radius 3 is 3.00 bits per heavy atom. The number of nitrogens with one attached hydrogen (secondary N) is 1. The molecule has 126 valence electrons. The Bertz CT molecular complexity index is 1100. The molecule has 1 N–H and O–H groups in total. The van der Waals surface area contributed by atoms with Crippen LogP contribution in [0, 0.1) is 6.92 Å². The number of aromatic amines is 1. The lowest BCUT2D eigenvalue weighted by molar-refractivity contribution is 0.299. The van der Waals surface area contributed by atoms with Crippen LogP contribution >= 0.6 is 22.9 Å². The van der Waals surface area contributed by atoms with Crippen LogP contribution in [-0.4, -0.2) is 19.6 Å². The van der Waals surface area contributed by atoms with E-state index in [2.05, 4.69) is 15.1 Å². The SMILES string of the molecule is Cc1c(Cl)cccc1OCc1cc(=O)n2nc(-c3cccs3)nc2[nH]1. The molecule has 0 atom stereocenters. The summed E-state index contributed by atoms with van der Waals surface area (Å²) in [5, 5.41) is 6.83. The van der Waals surface area contributed by atoms with Gasteiger partial charge >= 0.3 is 0 Å². The van der Waals surface area contributed by atoms with Crippen LogP contribution in [-0.2, 0) is 6.61 Å². The Morgan fingerprint density at radius 2 is 2.20 bits per heavy atom. The standard InChI is InChI=1S/C17H13ClN4O2S/c1-10-12(18)4-2-5-13(10)24-9-11-8-15(23)22-17(19-11)20-16(21-22)14-6-3-7-25-14/h2-8H,9H2,1H3,(H,19,20,21). The molecule has 0 aliphatic rings. The average Bonchev–Trinajstić information content (AvgIpc) is 3.25. The first kappa shape index (κ1) is 15.9. The van der Waals surface area contributed by atoms with E-state index in [4.69, 9.17) is 16.3 Å². The van der Waals surface area contributed by atoms with Gasteiger partial charge in [-0.1, -0.05) is 23.7 Å². The summed E-state index contributed by atoms with van der Waals surface area (Å²) in [7, 11) is 0. The molecule has 4 rings (SSSR count). The Balaban J connectivity index is 1.64. The molecule has 0 aliphatic carbocycles. The number of thiophene rings is 1. The van der Waals surface area contributed by atoms with Gasteiger partial charge in [-0.15, -0.1) is 16.4 Å². The van der Waals surface area contributed by atoms with E-state index in [0.717, 1.165) is 10.4 Å². The molecule has 6 nitrogen and oxygen atoms in total. The molecule has 0 aliphatic heterocycles. The van der Waals surface area contributed by atoms with E-state index in [9.17, 15) is 4.79 Å². The topological polar surface area (TPSA) is 72.3 Å². The molecule has 0 saturated heterocycles. The van der Waals surface area contributed by atoms with Crippen molar-refractivity contribution in [3.8, 4) is 16.5 Å². The highest BCUT2D eigenvalue weighted by atomic mass is 35.5. The van der Waals surface area contributed by atoms with E-state index in [1.54, 1.807) is 6.07 Å². The van der Waals surface area contributed by atoms with Crippen molar-refractivity contribution in [1.82, 2.24) is 19.6 Å². The number of halogens is 1. The summed E-state index contributed by atoms with van der Waals surface area (Å²) in [6, 6.07) is 10.8. The van der Waals surface area contributed by atoms with Crippen LogP contribution in [0.5, 0.6) is 5.75 Å². The second-order valence-corrected chi connectivity index (χ2v) is 6.79. The fourth-order valence-electron chi connectivity index (χ4n) is 2.42. The lowest BCUT2D eigenvalue weighted by Gasteiger charge is -2.09. The third-order valence-electron chi connectivity index (χ3n) is 3.73. The zero-order valence-electron chi connectivity index (χ0n) is 13.2. The highest BCUT2D eigenvalue weighted by molar-refractivity contribution is 7.13. The van der Waals surface area contributed by atoms with Crippen molar-refractivity contribution in [3.63, 3.8) is 0 Å². The molecule has 0 saturated carbocycles.